The first-order valence-corrected chi connectivity index (χ1v) is 11.0. The molecule has 7 heteroatoms. The Morgan fingerprint density at radius 3 is 2.58 bits per heavy atom. The van der Waals surface area contributed by atoms with E-state index in [1.54, 1.807) is 0 Å². The molecule has 3 unspecified atom stereocenters. The van der Waals surface area contributed by atoms with Gasteiger partial charge in [0.05, 0.1) is 11.5 Å². The molecule has 24 heavy (non-hydrogen) atoms. The molecule has 1 saturated carbocycles. The lowest BCUT2D eigenvalue weighted by Crippen LogP contribution is -2.46. The molecule has 0 aromatic heterocycles. The van der Waals surface area contributed by atoms with Crippen LogP contribution in [0.3, 0.4) is 0 Å². The van der Waals surface area contributed by atoms with E-state index in [0.717, 1.165) is 30.8 Å². The van der Waals surface area contributed by atoms with E-state index in [1.807, 2.05) is 0 Å². The maximum atomic E-state index is 11.5. The molecule has 2 fully saturated rings. The molecule has 0 amide bonds. The summed E-state index contributed by atoms with van der Waals surface area (Å²) in [6, 6.07) is 0.487. The van der Waals surface area contributed by atoms with Crippen LogP contribution in [0.5, 0.6) is 0 Å². The van der Waals surface area contributed by atoms with Crippen LogP contribution < -0.4 is 10.6 Å². The molecule has 2 N–H and O–H groups in total. The fourth-order valence-corrected chi connectivity index (χ4v) is 5.56. The van der Waals surface area contributed by atoms with E-state index in [1.165, 1.54) is 25.7 Å². The van der Waals surface area contributed by atoms with Gasteiger partial charge in [-0.3, -0.25) is 4.99 Å². The minimum absolute atomic E-state index is 0. The Hall–Kier alpha value is -0.0500. The number of hydrogen-bond donors (Lipinski definition) is 2. The third-order valence-electron chi connectivity index (χ3n) is 5.18. The van der Waals surface area contributed by atoms with Gasteiger partial charge in [0.1, 0.15) is 0 Å². The van der Waals surface area contributed by atoms with Gasteiger partial charge < -0.3 is 10.6 Å². The standard InChI is InChI=1S/C17H33N3O2S.HI/c1-4-18-17(19-11-14-8-9-23(21,22)12-14)20-16-7-5-6-15(10-16)13(2)3;/h13-16H,4-12H2,1-3H3,(H2,18,19,20);1H. The van der Waals surface area contributed by atoms with Crippen LogP contribution in [0.4, 0.5) is 0 Å². The number of guanidine groups is 1. The third kappa shape index (κ3) is 7.06. The minimum Gasteiger partial charge on any atom is -0.357 e. The van der Waals surface area contributed by atoms with Crippen molar-refractivity contribution in [2.45, 2.75) is 58.9 Å². The smallest absolute Gasteiger partial charge is 0.191 e. The number of rotatable bonds is 5. The van der Waals surface area contributed by atoms with Gasteiger partial charge in [-0.05, 0) is 43.9 Å². The normalized spacial score (nSPS) is 30.0. The Morgan fingerprint density at radius 1 is 1.25 bits per heavy atom. The monoisotopic (exact) mass is 471 g/mol. The van der Waals surface area contributed by atoms with E-state index in [2.05, 4.69) is 36.4 Å². The van der Waals surface area contributed by atoms with Crippen LogP contribution in [0, 0.1) is 17.8 Å². The summed E-state index contributed by atoms with van der Waals surface area (Å²) in [5.41, 5.74) is 0. The van der Waals surface area contributed by atoms with Crippen molar-refractivity contribution in [1.29, 1.82) is 0 Å². The molecule has 1 aliphatic carbocycles. The molecular weight excluding hydrogens is 437 g/mol. The first kappa shape index (κ1) is 22.0. The second-order valence-electron chi connectivity index (χ2n) is 7.50. The van der Waals surface area contributed by atoms with E-state index in [0.29, 0.717) is 24.1 Å². The molecular formula is C17H34IN3O2S. The molecule has 3 atom stereocenters. The van der Waals surface area contributed by atoms with Crippen molar-refractivity contribution in [3.8, 4) is 0 Å². The van der Waals surface area contributed by atoms with Crippen LogP contribution in [0.2, 0.25) is 0 Å². The molecule has 1 heterocycles. The van der Waals surface area contributed by atoms with Crippen molar-refractivity contribution in [1.82, 2.24) is 10.6 Å². The van der Waals surface area contributed by atoms with Crippen LogP contribution in [-0.2, 0) is 9.84 Å². The summed E-state index contributed by atoms with van der Waals surface area (Å²) in [6.07, 6.45) is 5.78. The van der Waals surface area contributed by atoms with Crippen molar-refractivity contribution < 1.29 is 8.42 Å². The van der Waals surface area contributed by atoms with E-state index >= 15 is 0 Å². The minimum atomic E-state index is -2.81. The lowest BCUT2D eigenvalue weighted by Gasteiger charge is -2.33. The highest BCUT2D eigenvalue weighted by Gasteiger charge is 2.28. The van der Waals surface area contributed by atoms with Crippen molar-refractivity contribution >= 4 is 39.8 Å². The second-order valence-corrected chi connectivity index (χ2v) is 9.73. The number of nitrogens with one attached hydrogen (secondary N) is 2. The molecule has 5 nitrogen and oxygen atoms in total. The van der Waals surface area contributed by atoms with Crippen molar-refractivity contribution in [3.63, 3.8) is 0 Å². The van der Waals surface area contributed by atoms with Crippen molar-refractivity contribution in [2.75, 3.05) is 24.6 Å². The van der Waals surface area contributed by atoms with E-state index in [-0.39, 0.29) is 29.9 Å². The summed E-state index contributed by atoms with van der Waals surface area (Å²) in [5.74, 6) is 3.20. The lowest BCUT2D eigenvalue weighted by molar-refractivity contribution is 0.244. The fraction of sp³-hybridized carbons (Fsp3) is 0.941. The topological polar surface area (TPSA) is 70.6 Å². The Kier molecular flexibility index (Phi) is 9.33. The molecule has 142 valence electrons. The van der Waals surface area contributed by atoms with E-state index < -0.39 is 9.84 Å². The zero-order valence-electron chi connectivity index (χ0n) is 15.3. The molecule has 0 bridgehead atoms. The highest BCUT2D eigenvalue weighted by molar-refractivity contribution is 14.0. The average molecular weight is 471 g/mol. The fourth-order valence-electron chi connectivity index (χ4n) is 3.71. The Bertz CT molecular complexity index is 508. The highest BCUT2D eigenvalue weighted by atomic mass is 127. The molecule has 0 radical (unpaired) electrons. The van der Waals surface area contributed by atoms with Crippen LogP contribution in [-0.4, -0.2) is 45.0 Å². The predicted octanol–water partition coefficient (Wildman–Crippen LogP) is 2.81. The Morgan fingerprint density at radius 2 is 2.00 bits per heavy atom. The van der Waals surface area contributed by atoms with Crippen LogP contribution in [0.15, 0.2) is 4.99 Å². The average Bonchev–Trinajstić information content (AvgIpc) is 2.84. The largest absolute Gasteiger partial charge is 0.357 e. The number of nitrogens with zero attached hydrogens (tertiary/aromatic N) is 1. The molecule has 2 aliphatic rings. The first-order chi connectivity index (χ1) is 10.9. The zero-order chi connectivity index (χ0) is 16.9. The maximum Gasteiger partial charge on any atom is 0.191 e. The summed E-state index contributed by atoms with van der Waals surface area (Å²) in [7, 11) is -2.81. The van der Waals surface area contributed by atoms with Gasteiger partial charge in [0, 0.05) is 19.1 Å². The summed E-state index contributed by atoms with van der Waals surface area (Å²) >= 11 is 0. The number of halogens is 1. The molecule has 2 rings (SSSR count). The Balaban J connectivity index is 0.00000288. The van der Waals surface area contributed by atoms with Gasteiger partial charge in [-0.2, -0.15) is 0 Å². The second kappa shape index (κ2) is 10.2. The molecule has 1 saturated heterocycles. The van der Waals surface area contributed by atoms with Gasteiger partial charge in [-0.25, -0.2) is 8.42 Å². The van der Waals surface area contributed by atoms with Crippen molar-refractivity contribution in [2.24, 2.45) is 22.7 Å². The SMILES string of the molecule is CCNC(=NCC1CCS(=O)(=O)C1)NC1CCCC(C(C)C)C1.I. The van der Waals surface area contributed by atoms with E-state index in [9.17, 15) is 8.42 Å². The molecule has 0 spiro atoms. The number of hydrogen-bond acceptors (Lipinski definition) is 3. The van der Waals surface area contributed by atoms with E-state index in [4.69, 9.17) is 0 Å². The molecule has 1 aliphatic heterocycles. The maximum absolute atomic E-state index is 11.5. The highest BCUT2D eigenvalue weighted by Crippen LogP contribution is 2.29. The van der Waals surface area contributed by atoms with Gasteiger partial charge in [0.2, 0.25) is 0 Å². The van der Waals surface area contributed by atoms with Gasteiger partial charge in [-0.1, -0.05) is 26.7 Å². The zero-order valence-corrected chi connectivity index (χ0v) is 18.4. The van der Waals surface area contributed by atoms with Gasteiger partial charge in [0.15, 0.2) is 15.8 Å². The van der Waals surface area contributed by atoms with Crippen LogP contribution in [0.25, 0.3) is 0 Å². The van der Waals surface area contributed by atoms with Crippen molar-refractivity contribution in [3.05, 3.63) is 0 Å². The Labute approximate surface area is 164 Å². The summed E-state index contributed by atoms with van der Waals surface area (Å²) in [6.45, 7) is 8.12. The quantitative estimate of drug-likeness (QED) is 0.368. The van der Waals surface area contributed by atoms with Crippen LogP contribution >= 0.6 is 24.0 Å². The number of sulfone groups is 1. The van der Waals surface area contributed by atoms with Gasteiger partial charge in [-0.15, -0.1) is 24.0 Å². The first-order valence-electron chi connectivity index (χ1n) is 9.15. The lowest BCUT2D eigenvalue weighted by atomic mass is 9.79. The third-order valence-corrected chi connectivity index (χ3v) is 7.01. The number of aliphatic imine (C=N–C) groups is 1. The van der Waals surface area contributed by atoms with Gasteiger partial charge in [0.25, 0.3) is 0 Å². The summed E-state index contributed by atoms with van der Waals surface area (Å²) < 4.78 is 23.1. The van der Waals surface area contributed by atoms with Crippen LogP contribution in [0.1, 0.15) is 52.9 Å². The predicted molar refractivity (Wildman–Crippen MR) is 112 cm³/mol. The molecule has 0 aromatic carbocycles. The van der Waals surface area contributed by atoms with Gasteiger partial charge >= 0.3 is 0 Å². The summed E-state index contributed by atoms with van der Waals surface area (Å²) in [5, 5.41) is 6.88. The summed E-state index contributed by atoms with van der Waals surface area (Å²) in [4.78, 5) is 4.65. The molecule has 0 aromatic rings.